The summed E-state index contributed by atoms with van der Waals surface area (Å²) in [5.41, 5.74) is 0.599. The molecule has 0 aromatic heterocycles. The van der Waals surface area contributed by atoms with Crippen LogP contribution >= 0.6 is 0 Å². The molecule has 0 aliphatic carbocycles. The molecule has 7 nitrogen and oxygen atoms in total. The summed E-state index contributed by atoms with van der Waals surface area (Å²) in [6, 6.07) is 4.40. The number of benzene rings is 1. The van der Waals surface area contributed by atoms with Gasteiger partial charge in [0.05, 0.1) is 10.8 Å². The standard InChI is InChI=1S/C14H16N2O5/c1-8-3-4-12(16(20)21)11(5-8)13(17)15-6-10(7-15)9(2)14(18)19/h3-5,9-10H,6-7H2,1-2H3,(H,18,19). The minimum Gasteiger partial charge on any atom is -0.481 e. The van der Waals surface area contributed by atoms with E-state index < -0.39 is 22.7 Å². The lowest BCUT2D eigenvalue weighted by Crippen LogP contribution is -2.53. The summed E-state index contributed by atoms with van der Waals surface area (Å²) < 4.78 is 0. The SMILES string of the molecule is Cc1ccc([N+](=O)[O-])c(C(=O)N2CC(C(C)C(=O)O)C2)c1. The first kappa shape index (κ1) is 15.0. The minimum absolute atomic E-state index is 0.0569. The Hall–Kier alpha value is -2.44. The van der Waals surface area contributed by atoms with E-state index in [1.54, 1.807) is 19.9 Å². The summed E-state index contributed by atoms with van der Waals surface area (Å²) in [7, 11) is 0. The number of hydrogen-bond donors (Lipinski definition) is 1. The van der Waals surface area contributed by atoms with Crippen molar-refractivity contribution in [3.63, 3.8) is 0 Å². The molecule has 0 saturated carbocycles. The summed E-state index contributed by atoms with van der Waals surface area (Å²) in [4.78, 5) is 35.0. The number of rotatable bonds is 4. The fourth-order valence-corrected chi connectivity index (χ4v) is 2.35. The second-order valence-electron chi connectivity index (χ2n) is 5.37. The molecule has 0 bridgehead atoms. The quantitative estimate of drug-likeness (QED) is 0.672. The fraction of sp³-hybridized carbons (Fsp3) is 0.429. The number of aliphatic carboxylic acids is 1. The Morgan fingerprint density at radius 3 is 2.57 bits per heavy atom. The van der Waals surface area contributed by atoms with Gasteiger partial charge in [0.1, 0.15) is 5.56 Å². The highest BCUT2D eigenvalue weighted by molar-refractivity contribution is 5.98. The lowest BCUT2D eigenvalue weighted by Gasteiger charge is -2.41. The molecule has 1 aliphatic heterocycles. The molecule has 0 spiro atoms. The number of nitro groups is 1. The first-order chi connectivity index (χ1) is 9.81. The molecule has 0 radical (unpaired) electrons. The number of carboxylic acids is 1. The average molecular weight is 292 g/mol. The zero-order valence-corrected chi connectivity index (χ0v) is 11.8. The van der Waals surface area contributed by atoms with E-state index in [1.165, 1.54) is 17.0 Å². The normalized spacial score (nSPS) is 16.2. The number of carbonyl (C=O) groups is 2. The second-order valence-corrected chi connectivity index (χ2v) is 5.37. The van der Waals surface area contributed by atoms with E-state index in [0.29, 0.717) is 13.1 Å². The zero-order chi connectivity index (χ0) is 15.7. The minimum atomic E-state index is -0.895. The van der Waals surface area contributed by atoms with Crippen LogP contribution in [0.15, 0.2) is 18.2 Å². The molecular formula is C14H16N2O5. The maximum atomic E-state index is 12.3. The van der Waals surface area contributed by atoms with E-state index in [-0.39, 0.29) is 17.2 Å². The first-order valence-electron chi connectivity index (χ1n) is 6.58. The summed E-state index contributed by atoms with van der Waals surface area (Å²) in [6.07, 6.45) is 0. The van der Waals surface area contributed by atoms with E-state index in [1.807, 2.05) is 0 Å². The zero-order valence-electron chi connectivity index (χ0n) is 11.8. The van der Waals surface area contributed by atoms with Gasteiger partial charge >= 0.3 is 5.97 Å². The monoisotopic (exact) mass is 292 g/mol. The third-order valence-electron chi connectivity index (χ3n) is 3.87. The number of hydrogen-bond acceptors (Lipinski definition) is 4. The molecule has 2 rings (SSSR count). The lowest BCUT2D eigenvalue weighted by atomic mass is 9.86. The van der Waals surface area contributed by atoms with Gasteiger partial charge in [0.15, 0.2) is 0 Å². The van der Waals surface area contributed by atoms with Gasteiger partial charge in [0, 0.05) is 25.1 Å². The molecular weight excluding hydrogens is 276 g/mol. The van der Waals surface area contributed by atoms with Crippen molar-refractivity contribution in [2.75, 3.05) is 13.1 Å². The van der Waals surface area contributed by atoms with Gasteiger partial charge in [-0.1, -0.05) is 13.0 Å². The molecule has 112 valence electrons. The number of aryl methyl sites for hydroxylation is 1. The van der Waals surface area contributed by atoms with Gasteiger partial charge in [-0.15, -0.1) is 0 Å². The average Bonchev–Trinajstić information content (AvgIpc) is 2.35. The van der Waals surface area contributed by atoms with E-state index in [2.05, 4.69) is 0 Å². The Kier molecular flexibility index (Phi) is 3.93. The first-order valence-corrected chi connectivity index (χ1v) is 6.58. The van der Waals surface area contributed by atoms with Crippen molar-refractivity contribution in [2.45, 2.75) is 13.8 Å². The Balaban J connectivity index is 2.14. The molecule has 1 aromatic rings. The third kappa shape index (κ3) is 2.86. The van der Waals surface area contributed by atoms with E-state index in [0.717, 1.165) is 5.56 Å². The van der Waals surface area contributed by atoms with Crippen molar-refractivity contribution in [1.82, 2.24) is 4.90 Å². The Labute approximate surface area is 121 Å². The summed E-state index contributed by atoms with van der Waals surface area (Å²) in [5.74, 6) is -1.94. The van der Waals surface area contributed by atoms with Crippen molar-refractivity contribution in [3.05, 3.63) is 39.4 Å². The number of nitrogens with zero attached hydrogens (tertiary/aromatic N) is 2. The highest BCUT2D eigenvalue weighted by Gasteiger charge is 2.38. The molecule has 7 heteroatoms. The summed E-state index contributed by atoms with van der Waals surface area (Å²) >= 11 is 0. The van der Waals surface area contributed by atoms with Crippen LogP contribution in [0.5, 0.6) is 0 Å². The number of likely N-dealkylation sites (tertiary alicyclic amines) is 1. The van der Waals surface area contributed by atoms with Crippen LogP contribution in [0.4, 0.5) is 5.69 Å². The molecule has 1 heterocycles. The van der Waals surface area contributed by atoms with Gasteiger partial charge in [-0.05, 0) is 18.6 Å². The van der Waals surface area contributed by atoms with Crippen molar-refractivity contribution < 1.29 is 19.6 Å². The molecule has 1 aliphatic rings. The number of carboxylic acid groups (broad SMARTS) is 1. The van der Waals surface area contributed by atoms with E-state index in [4.69, 9.17) is 5.11 Å². The van der Waals surface area contributed by atoms with Crippen LogP contribution in [-0.2, 0) is 4.79 Å². The lowest BCUT2D eigenvalue weighted by molar-refractivity contribution is -0.385. The van der Waals surface area contributed by atoms with Crippen molar-refractivity contribution >= 4 is 17.6 Å². The highest BCUT2D eigenvalue weighted by Crippen LogP contribution is 2.28. The third-order valence-corrected chi connectivity index (χ3v) is 3.87. The van der Waals surface area contributed by atoms with Gasteiger partial charge in [0.2, 0.25) is 0 Å². The van der Waals surface area contributed by atoms with E-state index in [9.17, 15) is 19.7 Å². The molecule has 21 heavy (non-hydrogen) atoms. The summed E-state index contributed by atoms with van der Waals surface area (Å²) in [5, 5.41) is 19.9. The Morgan fingerprint density at radius 2 is 2.05 bits per heavy atom. The Bertz CT molecular complexity index is 607. The molecule has 1 amide bonds. The van der Waals surface area contributed by atoms with E-state index >= 15 is 0 Å². The van der Waals surface area contributed by atoms with Crippen molar-refractivity contribution in [3.8, 4) is 0 Å². The maximum Gasteiger partial charge on any atom is 0.306 e. The predicted molar refractivity (Wildman–Crippen MR) is 74.0 cm³/mol. The van der Waals surface area contributed by atoms with Gasteiger partial charge in [0.25, 0.3) is 11.6 Å². The van der Waals surface area contributed by atoms with Crippen molar-refractivity contribution in [2.24, 2.45) is 11.8 Å². The smallest absolute Gasteiger partial charge is 0.306 e. The van der Waals surface area contributed by atoms with Crippen LogP contribution in [0.1, 0.15) is 22.8 Å². The van der Waals surface area contributed by atoms with Crippen LogP contribution in [-0.4, -0.2) is 39.9 Å². The topological polar surface area (TPSA) is 101 Å². The van der Waals surface area contributed by atoms with Crippen molar-refractivity contribution in [1.29, 1.82) is 0 Å². The largest absolute Gasteiger partial charge is 0.481 e. The van der Waals surface area contributed by atoms with Crippen LogP contribution < -0.4 is 0 Å². The molecule has 1 N–H and O–H groups in total. The second kappa shape index (κ2) is 5.51. The molecule has 1 unspecified atom stereocenters. The predicted octanol–water partition coefficient (Wildman–Crippen LogP) is 1.70. The highest BCUT2D eigenvalue weighted by atomic mass is 16.6. The number of nitro benzene ring substituents is 1. The van der Waals surface area contributed by atoms with Gasteiger partial charge in [-0.3, -0.25) is 19.7 Å². The maximum absolute atomic E-state index is 12.3. The number of amides is 1. The van der Waals surface area contributed by atoms with Gasteiger partial charge < -0.3 is 10.0 Å². The molecule has 1 saturated heterocycles. The van der Waals surface area contributed by atoms with Gasteiger partial charge in [-0.2, -0.15) is 0 Å². The van der Waals surface area contributed by atoms with Crippen LogP contribution in [0.2, 0.25) is 0 Å². The van der Waals surface area contributed by atoms with Crippen LogP contribution in [0.25, 0.3) is 0 Å². The van der Waals surface area contributed by atoms with Crippen LogP contribution in [0.3, 0.4) is 0 Å². The summed E-state index contributed by atoms with van der Waals surface area (Å²) in [6.45, 7) is 3.99. The van der Waals surface area contributed by atoms with Gasteiger partial charge in [-0.25, -0.2) is 0 Å². The molecule has 1 atom stereocenters. The molecule has 1 aromatic carbocycles. The Morgan fingerprint density at radius 1 is 1.43 bits per heavy atom. The van der Waals surface area contributed by atoms with Crippen LogP contribution in [0, 0.1) is 28.9 Å². The fourth-order valence-electron chi connectivity index (χ4n) is 2.35. The molecule has 1 fully saturated rings. The number of carbonyl (C=O) groups excluding carboxylic acids is 1.